The number of hydrogen-bond acceptors (Lipinski definition) is 1. The van der Waals surface area contributed by atoms with E-state index in [1.165, 1.54) is 50.0 Å². The van der Waals surface area contributed by atoms with Crippen LogP contribution in [0.15, 0.2) is 292 Å². The van der Waals surface area contributed by atoms with Crippen LogP contribution in [0, 0.1) is 6.92 Å². The summed E-state index contributed by atoms with van der Waals surface area (Å²) in [4.78, 5) is 2.37. The van der Waals surface area contributed by atoms with E-state index in [2.05, 4.69) is 318 Å². The molecule has 0 amide bonds. The highest BCUT2D eigenvalue weighted by atomic mass is 15.2. The summed E-state index contributed by atoms with van der Waals surface area (Å²) in [6.45, 7) is 21.2. The quantitative estimate of drug-likeness (QED) is 0.0546. The lowest BCUT2D eigenvalue weighted by Crippen LogP contribution is -2.20. The maximum atomic E-state index is 4.67. The molecule has 2 nitrogen and oxygen atoms in total. The van der Waals surface area contributed by atoms with Crippen molar-refractivity contribution in [2.45, 2.75) is 40.5 Å². The molecule has 382 valence electrons. The lowest BCUT2D eigenvalue weighted by atomic mass is 9.94. The molecule has 1 aromatic heterocycles. The Labute approximate surface area is 463 Å². The fourth-order valence-corrected chi connectivity index (χ4v) is 10.2. The van der Waals surface area contributed by atoms with Gasteiger partial charge >= 0.3 is 0 Å². The van der Waals surface area contributed by atoms with Crippen LogP contribution >= 0.6 is 0 Å². The van der Waals surface area contributed by atoms with E-state index in [9.17, 15) is 0 Å². The summed E-state index contributed by atoms with van der Waals surface area (Å²) in [7, 11) is 0. The smallest absolute Gasteiger partial charge is 0.0543 e. The van der Waals surface area contributed by atoms with E-state index in [4.69, 9.17) is 0 Å². The van der Waals surface area contributed by atoms with Gasteiger partial charge in [0.2, 0.25) is 0 Å². The minimum atomic E-state index is 0.764. The topological polar surface area (TPSA) is 8.17 Å². The molecule has 0 aliphatic carbocycles. The number of aryl methyl sites for hydroxylation is 1. The fourth-order valence-electron chi connectivity index (χ4n) is 10.2. The van der Waals surface area contributed by atoms with Gasteiger partial charge in [-0.1, -0.05) is 233 Å². The molecule has 2 heteroatoms. The number of nitrogens with zero attached hydrogens (tertiary/aromatic N) is 2. The average Bonchev–Trinajstić information content (AvgIpc) is 3.99. The van der Waals surface area contributed by atoms with Gasteiger partial charge in [0.05, 0.1) is 11.2 Å². The molecule has 0 saturated carbocycles. The first-order valence-electron chi connectivity index (χ1n) is 27.0. The summed E-state index contributed by atoms with van der Waals surface area (Å²) >= 11 is 0. The molecule has 0 unspecified atom stereocenters. The van der Waals surface area contributed by atoms with Gasteiger partial charge in [0.25, 0.3) is 0 Å². The molecule has 0 fully saturated rings. The molecule has 0 radical (unpaired) electrons. The van der Waals surface area contributed by atoms with Gasteiger partial charge in [-0.3, -0.25) is 0 Å². The van der Waals surface area contributed by atoms with Gasteiger partial charge in [-0.2, -0.15) is 0 Å². The molecule has 0 aliphatic rings. The first-order chi connectivity index (χ1) is 38.3. The Bertz CT molecular complexity index is 3810. The van der Waals surface area contributed by atoms with Crippen LogP contribution in [0.3, 0.4) is 0 Å². The van der Waals surface area contributed by atoms with Crippen LogP contribution in [0.5, 0.6) is 0 Å². The van der Waals surface area contributed by atoms with Crippen molar-refractivity contribution < 1.29 is 0 Å². The number of rotatable bonds is 20. The summed E-state index contributed by atoms with van der Waals surface area (Å²) in [5.41, 5.74) is 22.5. The summed E-state index contributed by atoms with van der Waals surface area (Å²) in [5, 5.41) is 1.25. The molecule has 1 heterocycles. The first kappa shape index (κ1) is 53.3. The van der Waals surface area contributed by atoms with E-state index in [0.717, 1.165) is 80.1 Å². The van der Waals surface area contributed by atoms with Crippen LogP contribution in [-0.2, 0) is 6.42 Å². The standard InChI is InChI=1S/C76H68N2/c1-8-13-29-59-31-23-34-63(51-59)62-48-46-58(47-49-62)30-24-39-69(28-11-4)77(68(12-5)50-45-56(6)66-52-60(27-10-3)53-67(55-66)61-32-17-15-18-33-61)74-43-22-21-40-71(74)64-35-25-36-65(54-64)72-41-26-44-75-76(72)57(7)73(42-14-9-2)78(75)70-37-19-16-20-38-70/h8,10-26,28-55H,1,3,6,9,27H2,2,4-5,7H3/b28-11-,29-13-,30-24+,42-14-,50-45-,68-12+,69-39+. The summed E-state index contributed by atoms with van der Waals surface area (Å²) in [5.74, 6) is 0. The number of anilines is 1. The molecule has 78 heavy (non-hydrogen) atoms. The number of aromatic nitrogens is 1. The number of allylic oxidation sites excluding steroid dienone is 12. The SMILES string of the molecule is C=C/C=C\c1cccc(-c2ccc(/C=C/C=C(\C=C/C)N(C(/C=C\C(=C)c3cc(CC=C)cc(-c4ccccc4)c3)=C/C)c3ccccc3-c3cccc(-c4cccc5c4c(C)c(/C=C\CC)n5-c4ccccc4)c3)cc2)c1. The van der Waals surface area contributed by atoms with Crippen LogP contribution in [0.1, 0.15) is 60.7 Å². The van der Waals surface area contributed by atoms with Crippen LogP contribution in [0.2, 0.25) is 0 Å². The van der Waals surface area contributed by atoms with Crippen LogP contribution < -0.4 is 4.90 Å². The maximum absolute atomic E-state index is 4.67. The second kappa shape index (κ2) is 25.8. The van der Waals surface area contributed by atoms with E-state index in [0.29, 0.717) is 0 Å². The molecule has 9 rings (SSSR count). The third kappa shape index (κ3) is 12.3. The van der Waals surface area contributed by atoms with Gasteiger partial charge in [0, 0.05) is 33.7 Å². The van der Waals surface area contributed by atoms with Crippen molar-refractivity contribution in [2.75, 3.05) is 4.90 Å². The Balaban J connectivity index is 1.14. The van der Waals surface area contributed by atoms with Gasteiger partial charge in [-0.25, -0.2) is 0 Å². The summed E-state index contributed by atoms with van der Waals surface area (Å²) in [6.07, 6.45) is 31.5. The lowest BCUT2D eigenvalue weighted by Gasteiger charge is -2.29. The summed E-state index contributed by atoms with van der Waals surface area (Å²) in [6, 6.07) is 69.8. The third-order valence-electron chi connectivity index (χ3n) is 14.0. The predicted octanol–water partition coefficient (Wildman–Crippen LogP) is 21.1. The Morgan fingerprint density at radius 1 is 0.551 bits per heavy atom. The maximum Gasteiger partial charge on any atom is 0.0543 e. The lowest BCUT2D eigenvalue weighted by molar-refractivity contribution is 1.09. The molecule has 0 saturated heterocycles. The number of fused-ring (bicyclic) bond motifs is 1. The van der Waals surface area contributed by atoms with E-state index in [1.54, 1.807) is 6.08 Å². The Kier molecular flexibility index (Phi) is 17.7. The molecule has 0 spiro atoms. The van der Waals surface area contributed by atoms with Crippen LogP contribution in [-0.4, -0.2) is 4.57 Å². The van der Waals surface area contributed by atoms with Crippen molar-refractivity contribution in [3.05, 3.63) is 326 Å². The highest BCUT2D eigenvalue weighted by molar-refractivity contribution is 6.02. The second-order valence-corrected chi connectivity index (χ2v) is 19.3. The van der Waals surface area contributed by atoms with Crippen molar-refractivity contribution in [2.24, 2.45) is 0 Å². The molecular weight excluding hydrogens is 941 g/mol. The largest absolute Gasteiger partial charge is 0.310 e. The molecule has 8 aromatic carbocycles. The van der Waals surface area contributed by atoms with Gasteiger partial charge in [-0.15, -0.1) is 6.58 Å². The predicted molar refractivity (Wildman–Crippen MR) is 341 cm³/mol. The van der Waals surface area contributed by atoms with Crippen molar-refractivity contribution >= 4 is 40.4 Å². The highest BCUT2D eigenvalue weighted by Gasteiger charge is 2.21. The molecule has 9 aromatic rings. The van der Waals surface area contributed by atoms with E-state index >= 15 is 0 Å². The zero-order valence-electron chi connectivity index (χ0n) is 45.5. The second-order valence-electron chi connectivity index (χ2n) is 19.3. The van der Waals surface area contributed by atoms with Gasteiger partial charge in [0.15, 0.2) is 0 Å². The number of para-hydroxylation sites is 2. The van der Waals surface area contributed by atoms with E-state index in [-0.39, 0.29) is 0 Å². The monoisotopic (exact) mass is 1010 g/mol. The third-order valence-corrected chi connectivity index (χ3v) is 14.0. The zero-order chi connectivity index (χ0) is 54.2. The fraction of sp³-hybridized carbons (Fsp3) is 0.0789. The minimum Gasteiger partial charge on any atom is -0.310 e. The molecular formula is C76H68N2. The molecule has 0 atom stereocenters. The molecule has 0 aliphatic heterocycles. The minimum absolute atomic E-state index is 0.764. The molecule has 0 bridgehead atoms. The first-order valence-corrected chi connectivity index (χ1v) is 27.0. The van der Waals surface area contributed by atoms with Crippen molar-refractivity contribution in [3.8, 4) is 50.2 Å². The van der Waals surface area contributed by atoms with Crippen molar-refractivity contribution in [1.29, 1.82) is 0 Å². The highest BCUT2D eigenvalue weighted by Crippen LogP contribution is 2.41. The van der Waals surface area contributed by atoms with Crippen molar-refractivity contribution in [3.63, 3.8) is 0 Å². The van der Waals surface area contributed by atoms with Crippen molar-refractivity contribution in [1.82, 2.24) is 4.57 Å². The summed E-state index contributed by atoms with van der Waals surface area (Å²) < 4.78 is 2.40. The normalized spacial score (nSPS) is 12.3. The Morgan fingerprint density at radius 3 is 1.96 bits per heavy atom. The van der Waals surface area contributed by atoms with Crippen LogP contribution in [0.25, 0.3) is 84.9 Å². The van der Waals surface area contributed by atoms with Crippen LogP contribution in [0.4, 0.5) is 5.69 Å². The average molecular weight is 1010 g/mol. The van der Waals surface area contributed by atoms with Gasteiger partial charge < -0.3 is 9.47 Å². The van der Waals surface area contributed by atoms with Gasteiger partial charge in [0.1, 0.15) is 0 Å². The number of hydrogen-bond donors (Lipinski definition) is 0. The Hall–Kier alpha value is -9.50. The van der Waals surface area contributed by atoms with E-state index in [1.807, 2.05) is 12.2 Å². The Morgan fingerprint density at radius 2 is 1.22 bits per heavy atom. The van der Waals surface area contributed by atoms with E-state index < -0.39 is 0 Å². The van der Waals surface area contributed by atoms with Gasteiger partial charge in [-0.05, 0) is 173 Å². The number of benzene rings is 8. The zero-order valence-corrected chi connectivity index (χ0v) is 45.5. The molecule has 0 N–H and O–H groups in total.